The van der Waals surface area contributed by atoms with Crippen LogP contribution in [-0.4, -0.2) is 41.8 Å². The zero-order valence-electron chi connectivity index (χ0n) is 14.0. The normalized spacial score (nSPS) is 21.7. The smallest absolute Gasteiger partial charge is 0.247 e. The number of anilines is 1. The van der Waals surface area contributed by atoms with Gasteiger partial charge in [0.1, 0.15) is 22.9 Å². The van der Waals surface area contributed by atoms with Gasteiger partial charge in [0.15, 0.2) is 0 Å². The Kier molecular flexibility index (Phi) is 4.44. The van der Waals surface area contributed by atoms with E-state index >= 15 is 0 Å². The van der Waals surface area contributed by atoms with Gasteiger partial charge in [-0.1, -0.05) is 29.8 Å². The van der Waals surface area contributed by atoms with E-state index in [4.69, 9.17) is 11.6 Å². The minimum absolute atomic E-state index is 0.0691. The van der Waals surface area contributed by atoms with Crippen molar-refractivity contribution in [2.45, 2.75) is 17.0 Å². The highest BCUT2D eigenvalue weighted by Crippen LogP contribution is 2.42. The van der Waals surface area contributed by atoms with Crippen molar-refractivity contribution < 1.29 is 18.3 Å². The number of carbonyl (C=O) groups is 1. The third kappa shape index (κ3) is 3.01. The first kappa shape index (κ1) is 18.3. The van der Waals surface area contributed by atoms with Gasteiger partial charge in [-0.2, -0.15) is 4.31 Å². The van der Waals surface area contributed by atoms with Gasteiger partial charge in [-0.05, 0) is 24.3 Å². The first-order chi connectivity index (χ1) is 12.8. The number of aromatic nitrogens is 1. The van der Waals surface area contributed by atoms with Gasteiger partial charge in [0, 0.05) is 12.4 Å². The van der Waals surface area contributed by atoms with Crippen LogP contribution in [-0.2, 0) is 14.8 Å². The molecule has 3 aromatic rings. The molecule has 27 heavy (non-hydrogen) atoms. The van der Waals surface area contributed by atoms with E-state index in [1.54, 1.807) is 18.2 Å². The third-order valence-electron chi connectivity index (χ3n) is 4.43. The number of hydrogen-bond donors (Lipinski definition) is 2. The third-order valence-corrected chi connectivity index (χ3v) is 7.77. The lowest BCUT2D eigenvalue weighted by Gasteiger charge is -2.34. The van der Waals surface area contributed by atoms with Crippen molar-refractivity contribution in [2.75, 3.05) is 12.4 Å². The van der Waals surface area contributed by atoms with Crippen molar-refractivity contribution in [3.8, 4) is 0 Å². The summed E-state index contributed by atoms with van der Waals surface area (Å²) in [5.41, 5.74) is 0.688. The summed E-state index contributed by atoms with van der Waals surface area (Å²) in [5.74, 6) is -0.404. The molecule has 2 N–H and O–H groups in total. The molecule has 0 fully saturated rings. The number of aliphatic hydroxyl groups excluding tert-OH is 1. The average molecular weight is 424 g/mol. The van der Waals surface area contributed by atoms with Gasteiger partial charge in [0.2, 0.25) is 15.9 Å². The van der Waals surface area contributed by atoms with Gasteiger partial charge in [-0.3, -0.25) is 4.79 Å². The molecule has 3 heterocycles. The predicted octanol–water partition coefficient (Wildman–Crippen LogP) is 2.62. The van der Waals surface area contributed by atoms with E-state index in [0.717, 1.165) is 21.0 Å². The van der Waals surface area contributed by atoms with Crippen molar-refractivity contribution in [2.24, 2.45) is 0 Å². The number of thiophene rings is 1. The first-order valence-electron chi connectivity index (χ1n) is 7.91. The van der Waals surface area contributed by atoms with Crippen LogP contribution in [0.4, 0.5) is 5.82 Å². The van der Waals surface area contributed by atoms with Gasteiger partial charge in [0.25, 0.3) is 0 Å². The molecule has 7 nitrogen and oxygen atoms in total. The molecular weight excluding hydrogens is 410 g/mol. The van der Waals surface area contributed by atoms with Crippen LogP contribution in [0.5, 0.6) is 0 Å². The highest BCUT2D eigenvalue weighted by Gasteiger charge is 2.46. The minimum Gasteiger partial charge on any atom is -0.385 e. The topological polar surface area (TPSA) is 99.6 Å². The number of carbonyl (C=O) groups excluding carboxylic acids is 1. The Labute approximate surface area is 164 Å². The molecular formula is C17H14ClN3O4S2. The van der Waals surface area contributed by atoms with Crippen molar-refractivity contribution in [1.82, 2.24) is 9.29 Å². The first-order valence-corrected chi connectivity index (χ1v) is 10.5. The Bertz CT molecular complexity index is 1160. The summed E-state index contributed by atoms with van der Waals surface area (Å²) in [6.07, 6.45) is -1.33. The number of sulfonamides is 1. The van der Waals surface area contributed by atoms with Crippen LogP contribution in [0.3, 0.4) is 0 Å². The maximum absolute atomic E-state index is 12.8. The van der Waals surface area contributed by atoms with E-state index < -0.39 is 28.1 Å². The van der Waals surface area contributed by atoms with Gasteiger partial charge in [-0.25, -0.2) is 13.4 Å². The molecule has 0 bridgehead atoms. The van der Waals surface area contributed by atoms with Gasteiger partial charge in [-0.15, -0.1) is 11.3 Å². The zero-order chi connectivity index (χ0) is 19.3. The summed E-state index contributed by atoms with van der Waals surface area (Å²) in [5, 5.41) is 14.1. The van der Waals surface area contributed by atoms with E-state index in [9.17, 15) is 18.3 Å². The largest absolute Gasteiger partial charge is 0.385 e. The molecule has 0 saturated heterocycles. The number of nitrogens with zero attached hydrogens (tertiary/aromatic N) is 2. The van der Waals surface area contributed by atoms with Gasteiger partial charge >= 0.3 is 0 Å². The van der Waals surface area contributed by atoms with Crippen LogP contribution in [0.2, 0.25) is 4.34 Å². The molecule has 0 radical (unpaired) electrons. The highest BCUT2D eigenvalue weighted by molar-refractivity contribution is 7.89. The highest BCUT2D eigenvalue weighted by atomic mass is 35.5. The zero-order valence-corrected chi connectivity index (χ0v) is 16.3. The number of fused-ring (bicyclic) bond motifs is 2. The minimum atomic E-state index is -3.94. The van der Waals surface area contributed by atoms with Crippen LogP contribution in [0.1, 0.15) is 11.0 Å². The van der Waals surface area contributed by atoms with E-state index in [-0.39, 0.29) is 19.9 Å². The van der Waals surface area contributed by atoms with Crippen LogP contribution >= 0.6 is 22.9 Å². The summed E-state index contributed by atoms with van der Waals surface area (Å²) in [6.45, 7) is 0. The predicted molar refractivity (Wildman–Crippen MR) is 103 cm³/mol. The second-order valence-electron chi connectivity index (χ2n) is 6.07. The standard InChI is InChI=1S/C17H14ClN3O4S2/c1-21-14(15(22)16-11(27(21,24)25)8-12(18)26-16)17(23)20-13-7-6-9-4-2-3-5-10(9)19-13/h2-8,14-15,22H,1H3,(H,19,20,23). The Morgan fingerprint density at radius 2 is 2.04 bits per heavy atom. The fourth-order valence-corrected chi connectivity index (χ4v) is 6.25. The molecule has 1 amide bonds. The quantitative estimate of drug-likeness (QED) is 0.660. The Balaban J connectivity index is 1.68. The molecule has 1 aromatic carbocycles. The second-order valence-corrected chi connectivity index (χ2v) is 9.75. The van der Waals surface area contributed by atoms with Crippen molar-refractivity contribution in [3.63, 3.8) is 0 Å². The number of amides is 1. The number of hydrogen-bond acceptors (Lipinski definition) is 6. The molecule has 140 valence electrons. The van der Waals surface area contributed by atoms with E-state index in [1.807, 2.05) is 18.2 Å². The Morgan fingerprint density at radius 1 is 1.30 bits per heavy atom. The molecule has 2 unspecified atom stereocenters. The molecule has 0 saturated carbocycles. The lowest BCUT2D eigenvalue weighted by molar-refractivity contribution is -0.123. The number of halogens is 1. The van der Waals surface area contributed by atoms with E-state index in [0.29, 0.717) is 5.52 Å². The SMILES string of the molecule is CN1C(C(=O)Nc2ccc3ccccc3n2)C(O)c2sc(Cl)cc2S1(=O)=O. The molecule has 2 atom stereocenters. The van der Waals surface area contributed by atoms with E-state index in [2.05, 4.69) is 10.3 Å². The fourth-order valence-electron chi connectivity index (χ4n) is 3.06. The number of para-hydroxylation sites is 1. The van der Waals surface area contributed by atoms with Crippen molar-refractivity contribution >= 4 is 55.6 Å². The van der Waals surface area contributed by atoms with Crippen molar-refractivity contribution in [1.29, 1.82) is 0 Å². The summed E-state index contributed by atoms with van der Waals surface area (Å²) < 4.78 is 26.4. The van der Waals surface area contributed by atoms with Crippen LogP contribution in [0.25, 0.3) is 10.9 Å². The molecule has 0 aliphatic carbocycles. The maximum atomic E-state index is 12.8. The summed E-state index contributed by atoms with van der Waals surface area (Å²) in [6, 6.07) is 10.8. The molecule has 0 spiro atoms. The lowest BCUT2D eigenvalue weighted by atomic mass is 10.1. The van der Waals surface area contributed by atoms with Crippen LogP contribution in [0.15, 0.2) is 47.4 Å². The molecule has 1 aliphatic rings. The number of benzene rings is 1. The number of nitrogens with one attached hydrogen (secondary N) is 1. The number of pyridine rings is 1. The molecule has 4 rings (SSSR count). The monoisotopic (exact) mass is 423 g/mol. The molecule has 1 aliphatic heterocycles. The number of likely N-dealkylation sites (N-methyl/N-ethyl adjacent to an activating group) is 1. The Morgan fingerprint density at radius 3 is 2.81 bits per heavy atom. The molecule has 2 aromatic heterocycles. The maximum Gasteiger partial charge on any atom is 0.247 e. The summed E-state index contributed by atoms with van der Waals surface area (Å²) in [7, 11) is -2.68. The van der Waals surface area contributed by atoms with Crippen molar-refractivity contribution in [3.05, 3.63) is 51.7 Å². The van der Waals surface area contributed by atoms with Gasteiger partial charge in [0.05, 0.1) is 14.7 Å². The molecule has 10 heteroatoms. The number of aliphatic hydroxyl groups is 1. The van der Waals surface area contributed by atoms with Crippen LogP contribution in [0, 0.1) is 0 Å². The number of rotatable bonds is 2. The summed E-state index contributed by atoms with van der Waals surface area (Å²) >= 11 is 6.86. The van der Waals surface area contributed by atoms with Gasteiger partial charge < -0.3 is 10.4 Å². The average Bonchev–Trinajstić information content (AvgIpc) is 3.03. The lowest BCUT2D eigenvalue weighted by Crippen LogP contribution is -2.51. The van der Waals surface area contributed by atoms with E-state index in [1.165, 1.54) is 13.1 Å². The Hall–Kier alpha value is -2.04. The summed E-state index contributed by atoms with van der Waals surface area (Å²) in [4.78, 5) is 17.2. The van der Waals surface area contributed by atoms with Crippen LogP contribution < -0.4 is 5.32 Å². The fraction of sp³-hybridized carbons (Fsp3) is 0.176. The second kappa shape index (κ2) is 6.54.